The Bertz CT molecular complexity index is 742. The van der Waals surface area contributed by atoms with Crippen LogP contribution in [0.15, 0.2) is 42.0 Å². The number of benzene rings is 1. The molecule has 2 aliphatic rings. The fraction of sp³-hybridized carbons (Fsp3) is 0.500. The largest absolute Gasteiger partial charge is 0.493 e. The molecular weight excluding hydrogens is 312 g/mol. The minimum Gasteiger partial charge on any atom is -0.493 e. The van der Waals surface area contributed by atoms with E-state index in [9.17, 15) is 4.79 Å². The number of rotatable bonds is 3. The van der Waals surface area contributed by atoms with Gasteiger partial charge in [0.15, 0.2) is 17.3 Å². The molecule has 0 spiro atoms. The van der Waals surface area contributed by atoms with Crippen molar-refractivity contribution in [3.05, 3.63) is 47.6 Å². The normalized spacial score (nSPS) is 28.0. The molecule has 1 aromatic carbocycles. The molecular formula is C22H28O3. The third kappa shape index (κ3) is 2.90. The highest BCUT2D eigenvalue weighted by atomic mass is 16.5. The van der Waals surface area contributed by atoms with Crippen LogP contribution in [0.4, 0.5) is 0 Å². The molecule has 2 aliphatic carbocycles. The average Bonchev–Trinajstić information content (AvgIpc) is 2.70. The number of hydrogen-bond acceptors (Lipinski definition) is 3. The molecule has 0 N–H and O–H groups in total. The lowest BCUT2D eigenvalue weighted by Gasteiger charge is -2.49. The lowest BCUT2D eigenvalue weighted by Crippen LogP contribution is -2.40. The SMILES string of the molecule is COc1ccc(C2C(=O)C=CC=C3C(C)(C)CCCC32C)cc1OC. The lowest BCUT2D eigenvalue weighted by atomic mass is 9.54. The predicted octanol–water partition coefficient (Wildman–Crippen LogP) is 5.07. The predicted molar refractivity (Wildman–Crippen MR) is 100 cm³/mol. The Labute approximate surface area is 150 Å². The van der Waals surface area contributed by atoms with Crippen LogP contribution in [-0.4, -0.2) is 20.0 Å². The maximum atomic E-state index is 13.0. The van der Waals surface area contributed by atoms with E-state index in [2.05, 4.69) is 26.8 Å². The number of ether oxygens (including phenoxy) is 2. The summed E-state index contributed by atoms with van der Waals surface area (Å²) in [4.78, 5) is 13.0. The smallest absolute Gasteiger partial charge is 0.164 e. The summed E-state index contributed by atoms with van der Waals surface area (Å²) < 4.78 is 10.8. The monoisotopic (exact) mass is 340 g/mol. The Morgan fingerprint density at radius 3 is 2.44 bits per heavy atom. The van der Waals surface area contributed by atoms with Gasteiger partial charge in [-0.1, -0.05) is 51.0 Å². The Morgan fingerprint density at radius 2 is 1.76 bits per heavy atom. The molecule has 1 fully saturated rings. The summed E-state index contributed by atoms with van der Waals surface area (Å²) in [6.07, 6.45) is 9.16. The molecule has 0 radical (unpaired) electrons. The van der Waals surface area contributed by atoms with E-state index in [0.29, 0.717) is 11.5 Å². The second-order valence-corrected chi connectivity index (χ2v) is 8.04. The number of methoxy groups -OCH3 is 2. The molecule has 3 nitrogen and oxygen atoms in total. The van der Waals surface area contributed by atoms with Gasteiger partial charge < -0.3 is 9.47 Å². The first-order valence-corrected chi connectivity index (χ1v) is 8.98. The van der Waals surface area contributed by atoms with E-state index in [4.69, 9.17) is 9.47 Å². The number of hydrogen-bond donors (Lipinski definition) is 0. The van der Waals surface area contributed by atoms with Gasteiger partial charge in [-0.05, 0) is 42.0 Å². The summed E-state index contributed by atoms with van der Waals surface area (Å²) >= 11 is 0. The fourth-order valence-electron chi connectivity index (χ4n) is 4.87. The van der Waals surface area contributed by atoms with Crippen LogP contribution in [-0.2, 0) is 4.79 Å². The Balaban J connectivity index is 2.15. The van der Waals surface area contributed by atoms with E-state index in [1.165, 1.54) is 5.57 Å². The van der Waals surface area contributed by atoms with Gasteiger partial charge in [0.25, 0.3) is 0 Å². The highest BCUT2D eigenvalue weighted by Gasteiger charge is 2.49. The highest BCUT2D eigenvalue weighted by molar-refractivity contribution is 5.97. The van der Waals surface area contributed by atoms with Crippen molar-refractivity contribution in [1.82, 2.24) is 0 Å². The molecule has 1 aromatic rings. The Hall–Kier alpha value is -2.03. The zero-order chi connectivity index (χ0) is 18.2. The standard InChI is InChI=1S/C22H28O3/c1-21(2)12-7-13-22(3)19(21)9-6-8-16(23)20(22)15-10-11-17(24-4)18(14-15)25-5/h6,8-11,14,20H,7,12-13H2,1-5H3. The maximum Gasteiger partial charge on any atom is 0.164 e. The Kier molecular flexibility index (Phi) is 4.52. The van der Waals surface area contributed by atoms with Gasteiger partial charge in [-0.15, -0.1) is 0 Å². The molecule has 0 aliphatic heterocycles. The second kappa shape index (κ2) is 6.36. The van der Waals surface area contributed by atoms with Gasteiger partial charge in [0, 0.05) is 5.41 Å². The van der Waals surface area contributed by atoms with Crippen LogP contribution in [0.25, 0.3) is 0 Å². The number of carbonyl (C=O) groups excluding carboxylic acids is 1. The topological polar surface area (TPSA) is 35.5 Å². The summed E-state index contributed by atoms with van der Waals surface area (Å²) in [5, 5.41) is 0. The van der Waals surface area contributed by atoms with Crippen LogP contribution in [0.5, 0.6) is 11.5 Å². The van der Waals surface area contributed by atoms with Crippen molar-refractivity contribution in [3.8, 4) is 11.5 Å². The molecule has 0 aromatic heterocycles. The van der Waals surface area contributed by atoms with Crippen molar-refractivity contribution in [1.29, 1.82) is 0 Å². The van der Waals surface area contributed by atoms with E-state index in [0.717, 1.165) is 24.8 Å². The van der Waals surface area contributed by atoms with Crippen LogP contribution >= 0.6 is 0 Å². The molecule has 2 unspecified atom stereocenters. The van der Waals surface area contributed by atoms with E-state index < -0.39 is 0 Å². The number of fused-ring (bicyclic) bond motifs is 1. The van der Waals surface area contributed by atoms with E-state index >= 15 is 0 Å². The Morgan fingerprint density at radius 1 is 1.04 bits per heavy atom. The molecule has 3 rings (SSSR count). The van der Waals surface area contributed by atoms with Crippen LogP contribution in [0.3, 0.4) is 0 Å². The summed E-state index contributed by atoms with van der Waals surface area (Å²) in [6.45, 7) is 6.85. The number of ketones is 1. The molecule has 0 amide bonds. The van der Waals surface area contributed by atoms with E-state index in [-0.39, 0.29) is 22.5 Å². The molecule has 0 saturated heterocycles. The van der Waals surface area contributed by atoms with Gasteiger partial charge in [-0.2, -0.15) is 0 Å². The molecule has 1 saturated carbocycles. The van der Waals surface area contributed by atoms with Crippen LogP contribution in [0.2, 0.25) is 0 Å². The van der Waals surface area contributed by atoms with Crippen LogP contribution < -0.4 is 9.47 Å². The minimum atomic E-state index is -0.197. The van der Waals surface area contributed by atoms with E-state index in [1.807, 2.05) is 24.3 Å². The average molecular weight is 340 g/mol. The summed E-state index contributed by atoms with van der Waals surface area (Å²) in [5.74, 6) is 1.33. The fourth-order valence-corrected chi connectivity index (χ4v) is 4.87. The van der Waals surface area contributed by atoms with Crippen molar-refractivity contribution in [2.75, 3.05) is 14.2 Å². The third-order valence-corrected chi connectivity index (χ3v) is 6.03. The summed E-state index contributed by atoms with van der Waals surface area (Å²) in [5.41, 5.74) is 2.31. The quantitative estimate of drug-likeness (QED) is 0.771. The first kappa shape index (κ1) is 17.8. The van der Waals surface area contributed by atoms with Crippen molar-refractivity contribution in [2.24, 2.45) is 10.8 Å². The van der Waals surface area contributed by atoms with E-state index in [1.54, 1.807) is 20.3 Å². The lowest BCUT2D eigenvalue weighted by molar-refractivity contribution is -0.118. The van der Waals surface area contributed by atoms with Crippen molar-refractivity contribution >= 4 is 5.78 Å². The van der Waals surface area contributed by atoms with Gasteiger partial charge in [-0.25, -0.2) is 0 Å². The molecule has 2 atom stereocenters. The zero-order valence-corrected chi connectivity index (χ0v) is 15.9. The summed E-state index contributed by atoms with van der Waals surface area (Å²) in [7, 11) is 3.26. The molecule has 134 valence electrons. The second-order valence-electron chi connectivity index (χ2n) is 8.04. The maximum absolute atomic E-state index is 13.0. The zero-order valence-electron chi connectivity index (χ0n) is 15.9. The highest BCUT2D eigenvalue weighted by Crippen LogP contribution is 2.58. The van der Waals surface area contributed by atoms with Gasteiger partial charge >= 0.3 is 0 Å². The van der Waals surface area contributed by atoms with Gasteiger partial charge in [-0.3, -0.25) is 4.79 Å². The minimum absolute atomic E-state index is 0.108. The third-order valence-electron chi connectivity index (χ3n) is 6.03. The van der Waals surface area contributed by atoms with Crippen LogP contribution in [0.1, 0.15) is 51.5 Å². The summed E-state index contributed by atoms with van der Waals surface area (Å²) in [6, 6.07) is 5.87. The molecule has 0 heterocycles. The van der Waals surface area contributed by atoms with Gasteiger partial charge in [0.2, 0.25) is 0 Å². The molecule has 0 bridgehead atoms. The molecule has 25 heavy (non-hydrogen) atoms. The first-order valence-electron chi connectivity index (χ1n) is 8.98. The van der Waals surface area contributed by atoms with Crippen molar-refractivity contribution in [2.45, 2.75) is 46.0 Å². The molecule has 3 heteroatoms. The number of allylic oxidation sites excluding steroid dienone is 4. The van der Waals surface area contributed by atoms with Crippen molar-refractivity contribution < 1.29 is 14.3 Å². The number of carbonyl (C=O) groups is 1. The van der Waals surface area contributed by atoms with Gasteiger partial charge in [0.1, 0.15) is 0 Å². The van der Waals surface area contributed by atoms with Crippen molar-refractivity contribution in [3.63, 3.8) is 0 Å². The van der Waals surface area contributed by atoms with Gasteiger partial charge in [0.05, 0.1) is 20.1 Å². The first-order chi connectivity index (χ1) is 11.8. The van der Waals surface area contributed by atoms with Crippen LogP contribution in [0, 0.1) is 10.8 Å².